The van der Waals surface area contributed by atoms with Crippen molar-refractivity contribution in [2.75, 3.05) is 25.0 Å². The second-order valence-electron chi connectivity index (χ2n) is 5.17. The lowest BCUT2D eigenvalue weighted by atomic mass is 10.1. The molecule has 0 saturated carbocycles. The molecule has 0 bridgehead atoms. The molecule has 24 heavy (non-hydrogen) atoms. The zero-order valence-corrected chi connectivity index (χ0v) is 14.0. The van der Waals surface area contributed by atoms with Crippen LogP contribution in [0.1, 0.15) is 24.2 Å². The highest BCUT2D eigenvalue weighted by atomic mass is 16.5. The standard InChI is InChI=1S/C19H22N2O3/c1-3-21(4-2)19(23)16-12-8-9-13-17(16)20-18(22)14-24-15-10-6-5-7-11-15/h5-13H,3-4,14H2,1-2H3,(H,20,22). The molecule has 5 nitrogen and oxygen atoms in total. The number of ether oxygens (including phenoxy) is 1. The monoisotopic (exact) mass is 326 g/mol. The summed E-state index contributed by atoms with van der Waals surface area (Å²) in [5.41, 5.74) is 0.977. The molecule has 1 N–H and O–H groups in total. The number of anilines is 1. The molecular weight excluding hydrogens is 304 g/mol. The lowest BCUT2D eigenvalue weighted by molar-refractivity contribution is -0.118. The first-order chi connectivity index (χ1) is 11.7. The number of carbonyl (C=O) groups is 2. The van der Waals surface area contributed by atoms with Crippen molar-refractivity contribution in [3.63, 3.8) is 0 Å². The largest absolute Gasteiger partial charge is 0.484 e. The van der Waals surface area contributed by atoms with E-state index in [0.29, 0.717) is 30.1 Å². The molecule has 2 aromatic carbocycles. The van der Waals surface area contributed by atoms with Gasteiger partial charge in [0, 0.05) is 13.1 Å². The van der Waals surface area contributed by atoms with E-state index in [1.165, 1.54) is 0 Å². The molecule has 0 spiro atoms. The van der Waals surface area contributed by atoms with Crippen LogP contribution in [0, 0.1) is 0 Å². The third-order valence-corrected chi connectivity index (χ3v) is 3.60. The number of hydrogen-bond donors (Lipinski definition) is 1. The fourth-order valence-electron chi connectivity index (χ4n) is 2.31. The maximum Gasteiger partial charge on any atom is 0.262 e. The Labute approximate surface area is 142 Å². The third-order valence-electron chi connectivity index (χ3n) is 3.60. The summed E-state index contributed by atoms with van der Waals surface area (Å²) in [5, 5.41) is 2.75. The number of amides is 2. The fraction of sp³-hybridized carbons (Fsp3) is 0.263. The summed E-state index contributed by atoms with van der Waals surface area (Å²) in [4.78, 5) is 26.4. The maximum atomic E-state index is 12.5. The number of benzene rings is 2. The normalized spacial score (nSPS) is 10.1. The molecule has 0 fully saturated rings. The van der Waals surface area contributed by atoms with Gasteiger partial charge in [0.15, 0.2) is 6.61 Å². The molecule has 2 aromatic rings. The summed E-state index contributed by atoms with van der Waals surface area (Å²) in [7, 11) is 0. The van der Waals surface area contributed by atoms with Crippen LogP contribution in [0.4, 0.5) is 5.69 Å². The highest BCUT2D eigenvalue weighted by Gasteiger charge is 2.17. The summed E-state index contributed by atoms with van der Waals surface area (Å²) in [6.07, 6.45) is 0. The summed E-state index contributed by atoms with van der Waals surface area (Å²) in [5.74, 6) is 0.221. The number of carbonyl (C=O) groups excluding carboxylic acids is 2. The van der Waals surface area contributed by atoms with E-state index in [1.807, 2.05) is 32.0 Å². The zero-order valence-electron chi connectivity index (χ0n) is 14.0. The number of hydrogen-bond acceptors (Lipinski definition) is 3. The van der Waals surface area contributed by atoms with Crippen molar-refractivity contribution in [2.45, 2.75) is 13.8 Å². The number of nitrogens with one attached hydrogen (secondary N) is 1. The Kier molecular flexibility index (Phi) is 6.37. The van der Waals surface area contributed by atoms with Gasteiger partial charge in [0.25, 0.3) is 11.8 Å². The quantitative estimate of drug-likeness (QED) is 0.850. The molecule has 0 unspecified atom stereocenters. The highest BCUT2D eigenvalue weighted by molar-refractivity contribution is 6.04. The Balaban J connectivity index is 2.04. The average molecular weight is 326 g/mol. The van der Waals surface area contributed by atoms with Gasteiger partial charge in [0.05, 0.1) is 11.3 Å². The topological polar surface area (TPSA) is 58.6 Å². The molecule has 0 heterocycles. The molecule has 0 radical (unpaired) electrons. The Morgan fingerprint density at radius 2 is 1.58 bits per heavy atom. The van der Waals surface area contributed by atoms with Crippen molar-refractivity contribution < 1.29 is 14.3 Å². The lowest BCUT2D eigenvalue weighted by Gasteiger charge is -2.20. The van der Waals surface area contributed by atoms with Gasteiger partial charge in [-0.3, -0.25) is 9.59 Å². The van der Waals surface area contributed by atoms with E-state index >= 15 is 0 Å². The van der Waals surface area contributed by atoms with Crippen LogP contribution in [0.5, 0.6) is 5.75 Å². The van der Waals surface area contributed by atoms with Gasteiger partial charge in [0.2, 0.25) is 0 Å². The van der Waals surface area contributed by atoms with Crippen LogP contribution in [0.3, 0.4) is 0 Å². The molecule has 0 aliphatic heterocycles. The highest BCUT2D eigenvalue weighted by Crippen LogP contribution is 2.17. The summed E-state index contributed by atoms with van der Waals surface area (Å²) in [6.45, 7) is 4.98. The molecule has 5 heteroatoms. The number of nitrogens with zero attached hydrogens (tertiary/aromatic N) is 1. The Hall–Kier alpha value is -2.82. The van der Waals surface area contributed by atoms with Crippen molar-refractivity contribution in [3.8, 4) is 5.75 Å². The minimum Gasteiger partial charge on any atom is -0.484 e. The van der Waals surface area contributed by atoms with Crippen LogP contribution in [0.25, 0.3) is 0 Å². The van der Waals surface area contributed by atoms with Crippen LogP contribution in [-0.2, 0) is 4.79 Å². The first-order valence-electron chi connectivity index (χ1n) is 8.01. The van der Waals surface area contributed by atoms with Gasteiger partial charge >= 0.3 is 0 Å². The van der Waals surface area contributed by atoms with Crippen LogP contribution in [-0.4, -0.2) is 36.4 Å². The van der Waals surface area contributed by atoms with Gasteiger partial charge in [-0.25, -0.2) is 0 Å². The fourth-order valence-corrected chi connectivity index (χ4v) is 2.31. The SMILES string of the molecule is CCN(CC)C(=O)c1ccccc1NC(=O)COc1ccccc1. The van der Waals surface area contributed by atoms with Crippen molar-refractivity contribution in [1.82, 2.24) is 4.90 Å². The molecule has 0 aliphatic rings. The number of para-hydroxylation sites is 2. The minimum absolute atomic E-state index is 0.0973. The second-order valence-corrected chi connectivity index (χ2v) is 5.17. The van der Waals surface area contributed by atoms with Crippen LogP contribution >= 0.6 is 0 Å². The van der Waals surface area contributed by atoms with Gasteiger partial charge in [-0.05, 0) is 38.1 Å². The maximum absolute atomic E-state index is 12.5. The lowest BCUT2D eigenvalue weighted by Crippen LogP contribution is -2.31. The third kappa shape index (κ3) is 4.59. The molecule has 0 atom stereocenters. The Morgan fingerprint density at radius 3 is 2.25 bits per heavy atom. The van der Waals surface area contributed by atoms with E-state index in [2.05, 4.69) is 5.32 Å². The van der Waals surface area contributed by atoms with Crippen molar-refractivity contribution in [2.24, 2.45) is 0 Å². The van der Waals surface area contributed by atoms with E-state index in [4.69, 9.17) is 4.74 Å². The molecular formula is C19H22N2O3. The predicted molar refractivity (Wildman–Crippen MR) is 94.3 cm³/mol. The molecule has 2 amide bonds. The van der Waals surface area contributed by atoms with Crippen molar-refractivity contribution in [1.29, 1.82) is 0 Å². The van der Waals surface area contributed by atoms with Crippen molar-refractivity contribution >= 4 is 17.5 Å². The molecule has 2 rings (SSSR count). The second kappa shape index (κ2) is 8.72. The van der Waals surface area contributed by atoms with Gasteiger partial charge in [-0.1, -0.05) is 30.3 Å². The zero-order chi connectivity index (χ0) is 17.4. The molecule has 0 saturated heterocycles. The van der Waals surface area contributed by atoms with Gasteiger partial charge in [0.1, 0.15) is 5.75 Å². The first kappa shape index (κ1) is 17.5. The van der Waals surface area contributed by atoms with E-state index < -0.39 is 0 Å². The molecule has 126 valence electrons. The average Bonchev–Trinajstić information content (AvgIpc) is 2.62. The summed E-state index contributed by atoms with van der Waals surface area (Å²) >= 11 is 0. The van der Waals surface area contributed by atoms with E-state index in [-0.39, 0.29) is 18.4 Å². The minimum atomic E-state index is -0.307. The van der Waals surface area contributed by atoms with Gasteiger partial charge in [-0.2, -0.15) is 0 Å². The smallest absolute Gasteiger partial charge is 0.262 e. The Morgan fingerprint density at radius 1 is 0.958 bits per heavy atom. The predicted octanol–water partition coefficient (Wildman–Crippen LogP) is 3.19. The van der Waals surface area contributed by atoms with Crippen LogP contribution in [0.2, 0.25) is 0 Å². The molecule has 0 aromatic heterocycles. The Bertz CT molecular complexity index is 682. The van der Waals surface area contributed by atoms with Crippen molar-refractivity contribution in [3.05, 3.63) is 60.2 Å². The molecule has 0 aliphatic carbocycles. The van der Waals surface area contributed by atoms with Crippen LogP contribution in [0.15, 0.2) is 54.6 Å². The van der Waals surface area contributed by atoms with E-state index in [0.717, 1.165) is 0 Å². The number of rotatable bonds is 7. The summed E-state index contributed by atoms with van der Waals surface area (Å²) in [6, 6.07) is 16.1. The van der Waals surface area contributed by atoms with E-state index in [9.17, 15) is 9.59 Å². The van der Waals surface area contributed by atoms with Gasteiger partial charge in [-0.15, -0.1) is 0 Å². The summed E-state index contributed by atoms with van der Waals surface area (Å²) < 4.78 is 5.42. The van der Waals surface area contributed by atoms with Gasteiger partial charge < -0.3 is 15.0 Å². The first-order valence-corrected chi connectivity index (χ1v) is 8.01. The van der Waals surface area contributed by atoms with E-state index in [1.54, 1.807) is 41.3 Å². The van der Waals surface area contributed by atoms with Crippen LogP contribution < -0.4 is 10.1 Å².